The maximum atomic E-state index is 12.4. The third-order valence-electron chi connectivity index (χ3n) is 3.03. The van der Waals surface area contributed by atoms with Crippen molar-refractivity contribution in [3.05, 3.63) is 53.5 Å². The highest BCUT2D eigenvalue weighted by molar-refractivity contribution is 6.09. The Labute approximate surface area is 147 Å². The molecule has 1 aromatic heterocycles. The Morgan fingerprint density at radius 3 is 2.42 bits per heavy atom. The molecule has 2 amide bonds. The maximum absolute atomic E-state index is 12.4. The molecule has 1 heterocycles. The maximum Gasteiger partial charge on any atom is 0.258 e. The lowest BCUT2D eigenvalue weighted by Gasteiger charge is -2.21. The van der Waals surface area contributed by atoms with E-state index in [1.165, 1.54) is 6.26 Å². The van der Waals surface area contributed by atoms with Gasteiger partial charge in [0.15, 0.2) is 0 Å². The van der Waals surface area contributed by atoms with Gasteiger partial charge in [0.2, 0.25) is 0 Å². The smallest absolute Gasteiger partial charge is 0.258 e. The molecule has 6 nitrogen and oxygen atoms in total. The Kier molecular flexibility index (Phi) is 6.57. The van der Waals surface area contributed by atoms with Crippen molar-refractivity contribution in [2.24, 2.45) is 5.73 Å². The van der Waals surface area contributed by atoms with E-state index < -0.39 is 0 Å². The molecular formula is C17H22ClN3O3. The molecule has 0 aliphatic carbocycles. The van der Waals surface area contributed by atoms with Gasteiger partial charge in [-0.25, -0.2) is 0 Å². The molecule has 0 fully saturated rings. The molecule has 0 saturated carbocycles. The molecule has 0 atom stereocenters. The number of benzene rings is 1. The van der Waals surface area contributed by atoms with E-state index in [9.17, 15) is 9.59 Å². The number of nitrogens with two attached hydrogens (primary N) is 1. The molecule has 1 aromatic carbocycles. The van der Waals surface area contributed by atoms with E-state index in [1.807, 2.05) is 20.8 Å². The van der Waals surface area contributed by atoms with Gasteiger partial charge in [-0.3, -0.25) is 9.59 Å². The van der Waals surface area contributed by atoms with Crippen LogP contribution in [0.4, 0.5) is 5.69 Å². The average Bonchev–Trinajstić information content (AvgIpc) is 2.95. The SMILES string of the molecule is CC(C)(C)NC(=O)c1ccccc1NC(=O)c1coc(CN)c1.Cl. The number of rotatable bonds is 4. The number of amides is 2. The molecule has 130 valence electrons. The number of para-hydroxylation sites is 1. The summed E-state index contributed by atoms with van der Waals surface area (Å²) in [4.78, 5) is 24.6. The summed E-state index contributed by atoms with van der Waals surface area (Å²) < 4.78 is 5.15. The fourth-order valence-electron chi connectivity index (χ4n) is 2.00. The topological polar surface area (TPSA) is 97.4 Å². The van der Waals surface area contributed by atoms with E-state index in [0.717, 1.165) is 0 Å². The second-order valence-corrected chi connectivity index (χ2v) is 6.21. The lowest BCUT2D eigenvalue weighted by molar-refractivity contribution is 0.0920. The third kappa shape index (κ3) is 5.11. The van der Waals surface area contributed by atoms with Gasteiger partial charge in [-0.1, -0.05) is 12.1 Å². The minimum absolute atomic E-state index is 0. The van der Waals surface area contributed by atoms with Gasteiger partial charge in [0, 0.05) is 5.54 Å². The zero-order valence-electron chi connectivity index (χ0n) is 13.9. The molecule has 0 radical (unpaired) electrons. The van der Waals surface area contributed by atoms with E-state index in [-0.39, 0.29) is 36.3 Å². The molecule has 0 bridgehead atoms. The lowest BCUT2D eigenvalue weighted by Crippen LogP contribution is -2.40. The first-order valence-corrected chi connectivity index (χ1v) is 7.30. The van der Waals surface area contributed by atoms with Gasteiger partial charge in [0.25, 0.3) is 11.8 Å². The molecule has 0 aliphatic rings. The highest BCUT2D eigenvalue weighted by atomic mass is 35.5. The Balaban J connectivity index is 0.00000288. The third-order valence-corrected chi connectivity index (χ3v) is 3.03. The predicted molar refractivity (Wildman–Crippen MR) is 95.5 cm³/mol. The minimum atomic E-state index is -0.366. The van der Waals surface area contributed by atoms with Gasteiger partial charge in [-0.05, 0) is 39.0 Å². The van der Waals surface area contributed by atoms with E-state index in [1.54, 1.807) is 30.3 Å². The Morgan fingerprint density at radius 1 is 1.17 bits per heavy atom. The van der Waals surface area contributed by atoms with Gasteiger partial charge in [0.05, 0.1) is 23.4 Å². The fraction of sp³-hybridized carbons (Fsp3) is 0.294. The molecule has 2 aromatic rings. The van der Waals surface area contributed by atoms with Crippen molar-refractivity contribution in [3.8, 4) is 0 Å². The first-order chi connectivity index (χ1) is 10.8. The van der Waals surface area contributed by atoms with Crippen LogP contribution in [0.2, 0.25) is 0 Å². The number of carbonyl (C=O) groups is 2. The predicted octanol–water partition coefficient (Wildman–Crippen LogP) is 2.94. The zero-order chi connectivity index (χ0) is 17.0. The summed E-state index contributed by atoms with van der Waals surface area (Å²) in [6, 6.07) is 8.42. The number of carbonyl (C=O) groups excluding carboxylic acids is 2. The highest BCUT2D eigenvalue weighted by Crippen LogP contribution is 2.18. The number of hydrogen-bond acceptors (Lipinski definition) is 4. The minimum Gasteiger partial charge on any atom is -0.467 e. The second kappa shape index (κ2) is 7.99. The summed E-state index contributed by atoms with van der Waals surface area (Å²) >= 11 is 0. The number of anilines is 1. The lowest BCUT2D eigenvalue weighted by atomic mass is 10.1. The van der Waals surface area contributed by atoms with Crippen molar-refractivity contribution in [3.63, 3.8) is 0 Å². The van der Waals surface area contributed by atoms with Crippen LogP contribution in [0.3, 0.4) is 0 Å². The van der Waals surface area contributed by atoms with Crippen LogP contribution in [0, 0.1) is 0 Å². The van der Waals surface area contributed by atoms with Crippen molar-refractivity contribution < 1.29 is 14.0 Å². The summed E-state index contributed by atoms with van der Waals surface area (Å²) in [6.45, 7) is 5.90. The molecule has 4 N–H and O–H groups in total. The number of nitrogens with one attached hydrogen (secondary N) is 2. The van der Waals surface area contributed by atoms with E-state index in [4.69, 9.17) is 10.2 Å². The number of halogens is 1. The van der Waals surface area contributed by atoms with Crippen molar-refractivity contribution >= 4 is 29.9 Å². The summed E-state index contributed by atoms with van der Waals surface area (Å²) in [6.07, 6.45) is 1.34. The van der Waals surface area contributed by atoms with E-state index >= 15 is 0 Å². The Bertz CT molecular complexity index is 720. The van der Waals surface area contributed by atoms with Crippen molar-refractivity contribution in [1.82, 2.24) is 5.32 Å². The molecule has 0 unspecified atom stereocenters. The van der Waals surface area contributed by atoms with Crippen LogP contribution in [0.5, 0.6) is 0 Å². The highest BCUT2D eigenvalue weighted by Gasteiger charge is 2.19. The largest absolute Gasteiger partial charge is 0.467 e. The van der Waals surface area contributed by atoms with Crippen LogP contribution >= 0.6 is 12.4 Å². The molecule has 2 rings (SSSR count). The number of furan rings is 1. The monoisotopic (exact) mass is 351 g/mol. The van der Waals surface area contributed by atoms with Gasteiger partial charge < -0.3 is 20.8 Å². The summed E-state index contributed by atoms with van der Waals surface area (Å²) in [5.41, 5.74) is 6.29. The normalized spacial score (nSPS) is 10.7. The van der Waals surface area contributed by atoms with E-state index in [2.05, 4.69) is 10.6 Å². The van der Waals surface area contributed by atoms with Crippen LogP contribution in [0.15, 0.2) is 41.0 Å². The molecule has 0 saturated heterocycles. The van der Waals surface area contributed by atoms with Crippen LogP contribution in [0.25, 0.3) is 0 Å². The van der Waals surface area contributed by atoms with E-state index in [0.29, 0.717) is 22.6 Å². The first kappa shape index (κ1) is 19.7. The fourth-order valence-corrected chi connectivity index (χ4v) is 2.00. The molecule has 24 heavy (non-hydrogen) atoms. The van der Waals surface area contributed by atoms with Gasteiger partial charge >= 0.3 is 0 Å². The van der Waals surface area contributed by atoms with Crippen LogP contribution in [-0.2, 0) is 6.54 Å². The number of hydrogen-bond donors (Lipinski definition) is 3. The zero-order valence-corrected chi connectivity index (χ0v) is 14.7. The first-order valence-electron chi connectivity index (χ1n) is 7.30. The van der Waals surface area contributed by atoms with Crippen molar-refractivity contribution in [2.75, 3.05) is 5.32 Å². The van der Waals surface area contributed by atoms with Gasteiger partial charge in [-0.15, -0.1) is 12.4 Å². The van der Waals surface area contributed by atoms with Crippen molar-refractivity contribution in [1.29, 1.82) is 0 Å². The summed E-state index contributed by atoms with van der Waals surface area (Å²) in [7, 11) is 0. The molecular weight excluding hydrogens is 330 g/mol. The Hall–Kier alpha value is -2.31. The standard InChI is InChI=1S/C17H21N3O3.ClH/c1-17(2,3)20-16(22)13-6-4-5-7-14(13)19-15(21)11-8-12(9-18)23-10-11;/h4-8,10H,9,18H2,1-3H3,(H,19,21)(H,20,22);1H. The summed E-state index contributed by atoms with van der Waals surface area (Å²) in [5, 5.41) is 5.61. The quantitative estimate of drug-likeness (QED) is 0.788. The molecule has 7 heteroatoms. The molecule has 0 aliphatic heterocycles. The van der Waals surface area contributed by atoms with Crippen LogP contribution in [-0.4, -0.2) is 17.4 Å². The Morgan fingerprint density at radius 2 is 1.83 bits per heavy atom. The average molecular weight is 352 g/mol. The van der Waals surface area contributed by atoms with Gasteiger partial charge in [0.1, 0.15) is 12.0 Å². The van der Waals surface area contributed by atoms with Crippen molar-refractivity contribution in [2.45, 2.75) is 32.9 Å². The van der Waals surface area contributed by atoms with Crippen LogP contribution < -0.4 is 16.4 Å². The second-order valence-electron chi connectivity index (χ2n) is 6.21. The summed E-state index contributed by atoms with van der Waals surface area (Å²) in [5.74, 6) is -0.0818. The molecule has 0 spiro atoms. The van der Waals surface area contributed by atoms with Gasteiger partial charge in [-0.2, -0.15) is 0 Å². The van der Waals surface area contributed by atoms with Crippen LogP contribution in [0.1, 0.15) is 47.2 Å².